The van der Waals surface area contributed by atoms with E-state index in [1.807, 2.05) is 0 Å². The van der Waals surface area contributed by atoms with Crippen LogP contribution in [-0.4, -0.2) is 22.5 Å². The van der Waals surface area contributed by atoms with Crippen molar-refractivity contribution in [2.75, 3.05) is 0 Å². The van der Waals surface area contributed by atoms with E-state index in [0.717, 1.165) is 19.3 Å². The number of rotatable bonds is 3. The molecule has 0 aromatic rings. The molecule has 4 nitrogen and oxygen atoms in total. The summed E-state index contributed by atoms with van der Waals surface area (Å²) in [5, 5.41) is 12.0. The lowest BCUT2D eigenvalue weighted by Gasteiger charge is -2.39. The Morgan fingerprint density at radius 3 is 2.41 bits per heavy atom. The van der Waals surface area contributed by atoms with E-state index in [0.29, 0.717) is 24.7 Å². The van der Waals surface area contributed by atoms with E-state index in [1.54, 1.807) is 0 Å². The van der Waals surface area contributed by atoms with Gasteiger partial charge >= 0.3 is 5.97 Å². The maximum atomic E-state index is 12.1. The second kappa shape index (κ2) is 3.59. The highest BCUT2D eigenvalue weighted by molar-refractivity contribution is 5.89. The van der Waals surface area contributed by atoms with Gasteiger partial charge in [0.15, 0.2) is 0 Å². The second-order valence-electron chi connectivity index (χ2n) is 5.62. The van der Waals surface area contributed by atoms with E-state index < -0.39 is 11.5 Å². The molecular formula is C13H17NO3. The Kier molecular flexibility index (Phi) is 2.28. The van der Waals surface area contributed by atoms with Gasteiger partial charge in [-0.25, -0.2) is 4.79 Å². The third-order valence-corrected chi connectivity index (χ3v) is 4.59. The number of aliphatic carboxylic acids is 1. The number of hydrogen-bond donors (Lipinski definition) is 2. The molecule has 92 valence electrons. The molecule has 0 aliphatic heterocycles. The van der Waals surface area contributed by atoms with Crippen molar-refractivity contribution in [3.63, 3.8) is 0 Å². The molecule has 17 heavy (non-hydrogen) atoms. The Bertz CT molecular complexity index is 397. The molecule has 3 rings (SSSR count). The van der Waals surface area contributed by atoms with Gasteiger partial charge in [-0.05, 0) is 43.9 Å². The number of carbonyl (C=O) groups excluding carboxylic acids is 1. The van der Waals surface area contributed by atoms with Crippen LogP contribution in [0.1, 0.15) is 32.1 Å². The van der Waals surface area contributed by atoms with Crippen LogP contribution in [-0.2, 0) is 9.59 Å². The summed E-state index contributed by atoms with van der Waals surface area (Å²) in [5.74, 6) is -0.0505. The van der Waals surface area contributed by atoms with Crippen molar-refractivity contribution in [3.8, 4) is 0 Å². The summed E-state index contributed by atoms with van der Waals surface area (Å²) in [6.45, 7) is 0. The largest absolute Gasteiger partial charge is 0.480 e. The number of carboxylic acid groups (broad SMARTS) is 1. The molecular weight excluding hydrogens is 218 g/mol. The molecule has 0 radical (unpaired) electrons. The summed E-state index contributed by atoms with van der Waals surface area (Å²) < 4.78 is 0. The minimum absolute atomic E-state index is 0.00169. The van der Waals surface area contributed by atoms with Crippen LogP contribution in [0.15, 0.2) is 12.2 Å². The Labute approximate surface area is 100 Å². The van der Waals surface area contributed by atoms with Crippen LogP contribution in [0.3, 0.4) is 0 Å². The Morgan fingerprint density at radius 1 is 1.24 bits per heavy atom. The molecule has 3 atom stereocenters. The molecule has 3 aliphatic carbocycles. The standard InChI is InChI=1S/C13H17NO3/c15-11(10-7-8-2-3-9(10)6-8)14-13(12(16)17)4-1-5-13/h2-3,8-10H,1,4-7H2,(H,14,15)(H,16,17). The highest BCUT2D eigenvalue weighted by atomic mass is 16.4. The smallest absolute Gasteiger partial charge is 0.329 e. The van der Waals surface area contributed by atoms with Gasteiger partial charge in [0.2, 0.25) is 5.91 Å². The van der Waals surface area contributed by atoms with Gasteiger partial charge in [0, 0.05) is 5.92 Å². The van der Waals surface area contributed by atoms with Gasteiger partial charge in [-0.1, -0.05) is 12.2 Å². The van der Waals surface area contributed by atoms with Crippen molar-refractivity contribution in [2.24, 2.45) is 17.8 Å². The van der Waals surface area contributed by atoms with Crippen LogP contribution in [0.2, 0.25) is 0 Å². The number of nitrogens with one attached hydrogen (secondary N) is 1. The summed E-state index contributed by atoms with van der Waals surface area (Å²) in [4.78, 5) is 23.3. The highest BCUT2D eigenvalue weighted by Crippen LogP contribution is 2.44. The quantitative estimate of drug-likeness (QED) is 0.725. The van der Waals surface area contributed by atoms with Gasteiger partial charge in [0.25, 0.3) is 0 Å². The van der Waals surface area contributed by atoms with Crippen LogP contribution in [0.4, 0.5) is 0 Å². The Hall–Kier alpha value is -1.32. The van der Waals surface area contributed by atoms with E-state index >= 15 is 0 Å². The average molecular weight is 235 g/mol. The predicted molar refractivity (Wildman–Crippen MR) is 61.2 cm³/mol. The normalized spacial score (nSPS) is 36.6. The van der Waals surface area contributed by atoms with Crippen molar-refractivity contribution < 1.29 is 14.7 Å². The molecule has 0 saturated heterocycles. The summed E-state index contributed by atoms with van der Waals surface area (Å²) in [6, 6.07) is 0. The van der Waals surface area contributed by atoms with Gasteiger partial charge in [-0.2, -0.15) is 0 Å². The fourth-order valence-electron chi connectivity index (χ4n) is 3.33. The zero-order valence-corrected chi connectivity index (χ0v) is 9.69. The maximum absolute atomic E-state index is 12.1. The third kappa shape index (κ3) is 1.58. The molecule has 3 aliphatic rings. The monoisotopic (exact) mass is 235 g/mol. The van der Waals surface area contributed by atoms with Crippen LogP contribution >= 0.6 is 0 Å². The number of carbonyl (C=O) groups is 2. The summed E-state index contributed by atoms with van der Waals surface area (Å²) in [6.07, 6.45) is 8.30. The zero-order valence-electron chi connectivity index (χ0n) is 9.69. The second-order valence-corrected chi connectivity index (χ2v) is 5.62. The third-order valence-electron chi connectivity index (χ3n) is 4.59. The Morgan fingerprint density at radius 2 is 2.00 bits per heavy atom. The van der Waals surface area contributed by atoms with E-state index in [2.05, 4.69) is 17.5 Å². The van der Waals surface area contributed by atoms with Crippen LogP contribution in [0, 0.1) is 17.8 Å². The minimum Gasteiger partial charge on any atom is -0.480 e. The van der Waals surface area contributed by atoms with Gasteiger partial charge in [0.1, 0.15) is 5.54 Å². The first-order valence-corrected chi connectivity index (χ1v) is 6.34. The van der Waals surface area contributed by atoms with Crippen molar-refractivity contribution in [3.05, 3.63) is 12.2 Å². The van der Waals surface area contributed by atoms with Gasteiger partial charge in [-0.3, -0.25) is 4.79 Å². The first-order chi connectivity index (χ1) is 8.11. The van der Waals surface area contributed by atoms with Crippen molar-refractivity contribution in [1.29, 1.82) is 0 Å². The number of allylic oxidation sites excluding steroid dienone is 2. The van der Waals surface area contributed by atoms with Crippen LogP contribution in [0.25, 0.3) is 0 Å². The fraction of sp³-hybridized carbons (Fsp3) is 0.692. The highest BCUT2D eigenvalue weighted by Gasteiger charge is 2.48. The topological polar surface area (TPSA) is 66.4 Å². The molecule has 0 aromatic carbocycles. The summed E-state index contributed by atoms with van der Waals surface area (Å²) in [5.41, 5.74) is -0.956. The van der Waals surface area contributed by atoms with E-state index in [-0.39, 0.29) is 11.8 Å². The Balaban J connectivity index is 1.68. The molecule has 2 fully saturated rings. The average Bonchev–Trinajstić information content (AvgIpc) is 2.83. The number of fused-ring (bicyclic) bond motifs is 2. The number of hydrogen-bond acceptors (Lipinski definition) is 2. The first kappa shape index (κ1) is 10.8. The van der Waals surface area contributed by atoms with Gasteiger partial charge < -0.3 is 10.4 Å². The molecule has 4 heteroatoms. The van der Waals surface area contributed by atoms with Gasteiger partial charge in [-0.15, -0.1) is 0 Å². The number of carboxylic acids is 1. The lowest BCUT2D eigenvalue weighted by Crippen LogP contribution is -2.60. The molecule has 2 bridgehead atoms. The molecule has 0 heterocycles. The summed E-state index contributed by atoms with van der Waals surface area (Å²) in [7, 11) is 0. The van der Waals surface area contributed by atoms with Gasteiger partial charge in [0.05, 0.1) is 0 Å². The van der Waals surface area contributed by atoms with E-state index in [1.165, 1.54) is 0 Å². The predicted octanol–water partition coefficient (Wildman–Crippen LogP) is 1.32. The molecule has 2 saturated carbocycles. The SMILES string of the molecule is O=C(NC1(C(=O)O)CCC1)C1CC2C=CC1C2. The lowest BCUT2D eigenvalue weighted by molar-refractivity contribution is -0.152. The minimum atomic E-state index is -0.956. The fourth-order valence-corrected chi connectivity index (χ4v) is 3.33. The first-order valence-electron chi connectivity index (χ1n) is 6.34. The van der Waals surface area contributed by atoms with Crippen molar-refractivity contribution >= 4 is 11.9 Å². The van der Waals surface area contributed by atoms with Crippen LogP contribution < -0.4 is 5.32 Å². The molecule has 0 spiro atoms. The van der Waals surface area contributed by atoms with E-state index in [4.69, 9.17) is 0 Å². The summed E-state index contributed by atoms with van der Waals surface area (Å²) >= 11 is 0. The molecule has 2 N–H and O–H groups in total. The maximum Gasteiger partial charge on any atom is 0.329 e. The van der Waals surface area contributed by atoms with Crippen LogP contribution in [0.5, 0.6) is 0 Å². The zero-order chi connectivity index (χ0) is 12.0. The molecule has 3 unspecified atom stereocenters. The van der Waals surface area contributed by atoms with Crippen molar-refractivity contribution in [2.45, 2.75) is 37.6 Å². The lowest BCUT2D eigenvalue weighted by atomic mass is 9.76. The number of amides is 1. The molecule has 1 amide bonds. The van der Waals surface area contributed by atoms with Crippen molar-refractivity contribution in [1.82, 2.24) is 5.32 Å². The molecule has 0 aromatic heterocycles. The van der Waals surface area contributed by atoms with E-state index in [9.17, 15) is 14.7 Å².